The van der Waals surface area contributed by atoms with E-state index in [1.165, 1.54) is 11.8 Å². The maximum atomic E-state index is 13.0. The second-order valence-electron chi connectivity index (χ2n) is 8.06. The molecule has 1 aromatic heterocycles. The number of sulfonamides is 1. The van der Waals surface area contributed by atoms with Crippen molar-refractivity contribution in [2.24, 2.45) is 0 Å². The van der Waals surface area contributed by atoms with Gasteiger partial charge in [-0.25, -0.2) is 13.1 Å². The summed E-state index contributed by atoms with van der Waals surface area (Å²) in [6, 6.07) is 12.2. The predicted molar refractivity (Wildman–Crippen MR) is 116 cm³/mol. The summed E-state index contributed by atoms with van der Waals surface area (Å²) in [4.78, 5) is 15.0. The molecule has 29 heavy (non-hydrogen) atoms. The van der Waals surface area contributed by atoms with Crippen LogP contribution in [0.5, 0.6) is 0 Å². The molecule has 1 saturated heterocycles. The third-order valence-corrected chi connectivity index (χ3v) is 6.36. The van der Waals surface area contributed by atoms with E-state index in [0.717, 1.165) is 49.3 Å². The third-order valence-electron chi connectivity index (χ3n) is 5.59. The molecule has 1 N–H and O–H groups in total. The fourth-order valence-electron chi connectivity index (χ4n) is 4.20. The van der Waals surface area contributed by atoms with Gasteiger partial charge in [0.1, 0.15) is 0 Å². The molecule has 0 aliphatic carbocycles. The average molecular weight is 418 g/mol. The molecule has 6 nitrogen and oxygen atoms in total. The van der Waals surface area contributed by atoms with Crippen LogP contribution in [0.3, 0.4) is 0 Å². The molecule has 2 aromatic rings. The largest absolute Gasteiger partial charge is 0.348 e. The summed E-state index contributed by atoms with van der Waals surface area (Å²) in [6.07, 6.45) is 3.81. The van der Waals surface area contributed by atoms with Crippen molar-refractivity contribution in [2.45, 2.75) is 45.7 Å². The molecule has 2 heterocycles. The molecule has 1 aliphatic heterocycles. The van der Waals surface area contributed by atoms with E-state index in [0.29, 0.717) is 13.1 Å². The Morgan fingerprint density at radius 2 is 1.93 bits per heavy atom. The van der Waals surface area contributed by atoms with Crippen molar-refractivity contribution in [1.82, 2.24) is 14.2 Å². The number of aryl methyl sites for hydroxylation is 2. The highest BCUT2D eigenvalue weighted by Crippen LogP contribution is 2.19. The van der Waals surface area contributed by atoms with Crippen LogP contribution in [-0.2, 0) is 23.0 Å². The fourth-order valence-corrected chi connectivity index (χ4v) is 5.00. The lowest BCUT2D eigenvalue weighted by atomic mass is 10.1. The SMILES string of the molecule is Cc1cc(C(=O)CN2CCCC(NS(C)(=O)=O)C2)c(C)n1CCc1ccccc1. The molecule has 0 amide bonds. The van der Waals surface area contributed by atoms with Crippen molar-refractivity contribution in [3.8, 4) is 0 Å². The van der Waals surface area contributed by atoms with Crippen molar-refractivity contribution in [2.75, 3.05) is 25.9 Å². The van der Waals surface area contributed by atoms with Crippen LogP contribution in [0.4, 0.5) is 0 Å². The Balaban J connectivity index is 1.63. The first-order valence-electron chi connectivity index (χ1n) is 10.2. The number of nitrogens with zero attached hydrogens (tertiary/aromatic N) is 2. The molecule has 0 radical (unpaired) electrons. The van der Waals surface area contributed by atoms with Gasteiger partial charge in [-0.15, -0.1) is 0 Å². The summed E-state index contributed by atoms with van der Waals surface area (Å²) in [5.41, 5.74) is 4.16. The summed E-state index contributed by atoms with van der Waals surface area (Å²) in [5, 5.41) is 0. The van der Waals surface area contributed by atoms with Crippen LogP contribution >= 0.6 is 0 Å². The number of hydrogen-bond acceptors (Lipinski definition) is 4. The molecule has 1 unspecified atom stereocenters. The van der Waals surface area contributed by atoms with Gasteiger partial charge in [0.05, 0.1) is 12.8 Å². The number of ketones is 1. The number of piperidine rings is 1. The van der Waals surface area contributed by atoms with Crippen molar-refractivity contribution < 1.29 is 13.2 Å². The molecule has 1 fully saturated rings. The number of nitrogens with one attached hydrogen (secondary N) is 1. The minimum absolute atomic E-state index is 0.101. The summed E-state index contributed by atoms with van der Waals surface area (Å²) in [6.45, 7) is 6.62. The zero-order valence-corrected chi connectivity index (χ0v) is 18.3. The normalized spacial score (nSPS) is 18.1. The minimum Gasteiger partial charge on any atom is -0.348 e. The van der Waals surface area contributed by atoms with E-state index in [-0.39, 0.29) is 11.8 Å². The maximum absolute atomic E-state index is 13.0. The first-order valence-corrected chi connectivity index (χ1v) is 12.1. The molecular formula is C22H31N3O3S. The zero-order chi connectivity index (χ0) is 21.0. The molecule has 0 spiro atoms. The Kier molecular flexibility index (Phi) is 6.93. The van der Waals surface area contributed by atoms with Crippen molar-refractivity contribution in [1.29, 1.82) is 0 Å². The summed E-state index contributed by atoms with van der Waals surface area (Å²) < 4.78 is 27.9. The molecule has 1 aliphatic rings. The molecule has 1 aromatic carbocycles. The lowest BCUT2D eigenvalue weighted by Crippen LogP contribution is -2.48. The van der Waals surface area contributed by atoms with Crippen LogP contribution in [0.15, 0.2) is 36.4 Å². The second-order valence-corrected chi connectivity index (χ2v) is 9.84. The molecular weight excluding hydrogens is 386 g/mol. The smallest absolute Gasteiger partial charge is 0.208 e. The van der Waals surface area contributed by atoms with Crippen molar-refractivity contribution in [3.63, 3.8) is 0 Å². The van der Waals surface area contributed by atoms with Gasteiger partial charge < -0.3 is 4.57 Å². The van der Waals surface area contributed by atoms with E-state index in [2.05, 4.69) is 26.3 Å². The number of hydrogen-bond donors (Lipinski definition) is 1. The quantitative estimate of drug-likeness (QED) is 0.670. The Bertz CT molecular complexity index is 951. The molecule has 3 rings (SSSR count). The van der Waals surface area contributed by atoms with Gasteiger partial charge >= 0.3 is 0 Å². The zero-order valence-electron chi connectivity index (χ0n) is 17.5. The van der Waals surface area contributed by atoms with E-state index in [1.807, 2.05) is 38.1 Å². The van der Waals surface area contributed by atoms with Gasteiger partial charge in [0.25, 0.3) is 0 Å². The number of likely N-dealkylation sites (tertiary alicyclic amines) is 1. The van der Waals surface area contributed by atoms with Gasteiger partial charge in [-0.1, -0.05) is 30.3 Å². The molecule has 0 bridgehead atoms. The van der Waals surface area contributed by atoms with E-state index in [4.69, 9.17) is 0 Å². The monoisotopic (exact) mass is 417 g/mol. The number of aromatic nitrogens is 1. The number of rotatable bonds is 8. The minimum atomic E-state index is -3.23. The van der Waals surface area contributed by atoms with Crippen LogP contribution in [0.25, 0.3) is 0 Å². The molecule has 7 heteroatoms. The summed E-state index contributed by atoms with van der Waals surface area (Å²) in [7, 11) is -3.23. The van der Waals surface area contributed by atoms with Crippen LogP contribution in [0.1, 0.15) is 40.2 Å². The predicted octanol–water partition coefficient (Wildman–Crippen LogP) is 2.54. The number of benzene rings is 1. The van der Waals surface area contributed by atoms with E-state index in [1.54, 1.807) is 0 Å². The fraction of sp³-hybridized carbons (Fsp3) is 0.500. The van der Waals surface area contributed by atoms with Crippen molar-refractivity contribution >= 4 is 15.8 Å². The number of carbonyl (C=O) groups excluding carboxylic acids is 1. The van der Waals surface area contributed by atoms with E-state index in [9.17, 15) is 13.2 Å². The first-order chi connectivity index (χ1) is 13.7. The van der Waals surface area contributed by atoms with E-state index < -0.39 is 10.0 Å². The number of Topliss-reactive ketones (excluding diaryl/α,β-unsaturated/α-hetero) is 1. The Labute approximate surface area is 174 Å². The van der Waals surface area contributed by atoms with Crippen LogP contribution in [-0.4, -0.2) is 55.6 Å². The second kappa shape index (κ2) is 9.24. The Morgan fingerprint density at radius 1 is 1.21 bits per heavy atom. The van der Waals surface area contributed by atoms with E-state index >= 15 is 0 Å². The third kappa shape index (κ3) is 6.01. The highest BCUT2D eigenvalue weighted by atomic mass is 32.2. The van der Waals surface area contributed by atoms with Gasteiger partial charge in [0, 0.05) is 36.1 Å². The van der Waals surface area contributed by atoms with Gasteiger partial charge in [-0.05, 0) is 51.3 Å². The lowest BCUT2D eigenvalue weighted by Gasteiger charge is -2.32. The topological polar surface area (TPSA) is 71.4 Å². The number of carbonyl (C=O) groups is 1. The maximum Gasteiger partial charge on any atom is 0.208 e. The van der Waals surface area contributed by atoms with Gasteiger partial charge in [0.2, 0.25) is 10.0 Å². The van der Waals surface area contributed by atoms with Crippen LogP contribution in [0.2, 0.25) is 0 Å². The highest BCUT2D eigenvalue weighted by molar-refractivity contribution is 7.88. The van der Waals surface area contributed by atoms with Crippen molar-refractivity contribution in [3.05, 3.63) is 58.9 Å². The average Bonchev–Trinajstić information content (AvgIpc) is 2.94. The van der Waals surface area contributed by atoms with Crippen LogP contribution in [0, 0.1) is 13.8 Å². The summed E-state index contributed by atoms with van der Waals surface area (Å²) in [5.74, 6) is 0.101. The van der Waals surface area contributed by atoms with Gasteiger partial charge in [-0.3, -0.25) is 9.69 Å². The summed E-state index contributed by atoms with van der Waals surface area (Å²) >= 11 is 0. The Morgan fingerprint density at radius 3 is 2.62 bits per heavy atom. The van der Waals surface area contributed by atoms with Gasteiger partial charge in [0.15, 0.2) is 5.78 Å². The standard InChI is InChI=1S/C22H31N3O3S/c1-17-14-21(18(2)25(17)13-11-19-8-5-4-6-9-19)22(26)16-24-12-7-10-20(15-24)23-29(3,27)28/h4-6,8-9,14,20,23H,7,10-13,15-16H2,1-3H3. The molecule has 0 saturated carbocycles. The van der Waals surface area contributed by atoms with Crippen LogP contribution < -0.4 is 4.72 Å². The lowest BCUT2D eigenvalue weighted by molar-refractivity contribution is 0.0904. The first kappa shape index (κ1) is 21.7. The molecule has 1 atom stereocenters. The Hall–Kier alpha value is -1.96. The highest BCUT2D eigenvalue weighted by Gasteiger charge is 2.25. The molecule has 158 valence electrons. The van der Waals surface area contributed by atoms with Gasteiger partial charge in [-0.2, -0.15) is 0 Å².